The number of nitro groups is 1. The van der Waals surface area contributed by atoms with Crippen molar-refractivity contribution in [1.82, 2.24) is 10.2 Å². The van der Waals surface area contributed by atoms with Crippen LogP contribution in [0, 0.1) is 10.1 Å². The number of nitrogens with one attached hydrogen (secondary N) is 1. The van der Waals surface area contributed by atoms with Gasteiger partial charge < -0.3 is 10.2 Å². The first-order chi connectivity index (χ1) is 11.1. The van der Waals surface area contributed by atoms with Crippen molar-refractivity contribution in [2.24, 2.45) is 0 Å². The second-order valence-corrected chi connectivity index (χ2v) is 5.28. The molecule has 23 heavy (non-hydrogen) atoms. The van der Waals surface area contributed by atoms with E-state index in [1.54, 1.807) is 0 Å². The molecule has 0 saturated carbocycles. The lowest BCUT2D eigenvalue weighted by molar-refractivity contribution is -0.384. The molecule has 0 heterocycles. The molecule has 1 amide bonds. The zero-order valence-corrected chi connectivity index (χ0v) is 12.9. The van der Waals surface area contributed by atoms with Gasteiger partial charge in [-0.2, -0.15) is 0 Å². The molecule has 0 aliphatic rings. The van der Waals surface area contributed by atoms with E-state index in [1.807, 2.05) is 25.2 Å². The summed E-state index contributed by atoms with van der Waals surface area (Å²) in [6.07, 6.45) is 0. The summed E-state index contributed by atoms with van der Waals surface area (Å²) >= 11 is 0. The summed E-state index contributed by atoms with van der Waals surface area (Å²) in [5, 5.41) is 13.4. The van der Waals surface area contributed by atoms with Crippen LogP contribution in [0.25, 0.3) is 0 Å². The molecule has 2 aromatic carbocycles. The van der Waals surface area contributed by atoms with Gasteiger partial charge in [0.25, 0.3) is 11.6 Å². The summed E-state index contributed by atoms with van der Waals surface area (Å²) in [5.74, 6) is -0.229. The number of non-ortho nitro benzene ring substituents is 1. The Hall–Kier alpha value is -2.73. The molecule has 0 bridgehead atoms. The quantitative estimate of drug-likeness (QED) is 0.629. The second-order valence-electron chi connectivity index (χ2n) is 5.28. The lowest BCUT2D eigenvalue weighted by Crippen LogP contribution is -2.32. The first-order valence-corrected chi connectivity index (χ1v) is 7.31. The van der Waals surface area contributed by atoms with Crippen LogP contribution >= 0.6 is 0 Å². The third-order valence-electron chi connectivity index (χ3n) is 3.41. The van der Waals surface area contributed by atoms with Gasteiger partial charge in [0.1, 0.15) is 0 Å². The van der Waals surface area contributed by atoms with Crippen molar-refractivity contribution in [2.45, 2.75) is 6.54 Å². The lowest BCUT2D eigenvalue weighted by Gasteiger charge is -2.17. The van der Waals surface area contributed by atoms with Crippen LogP contribution in [-0.2, 0) is 6.54 Å². The van der Waals surface area contributed by atoms with E-state index in [0.29, 0.717) is 18.7 Å². The molecule has 2 rings (SSSR count). The fourth-order valence-electron chi connectivity index (χ4n) is 2.17. The number of carbonyl (C=O) groups is 1. The van der Waals surface area contributed by atoms with Gasteiger partial charge in [-0.15, -0.1) is 0 Å². The molecule has 6 nitrogen and oxygen atoms in total. The molecular weight excluding hydrogens is 294 g/mol. The minimum absolute atomic E-state index is 0.0239. The summed E-state index contributed by atoms with van der Waals surface area (Å²) in [4.78, 5) is 24.2. The number of hydrogen-bond donors (Lipinski definition) is 1. The Morgan fingerprint density at radius 2 is 1.78 bits per heavy atom. The van der Waals surface area contributed by atoms with Crippen LogP contribution in [0.5, 0.6) is 0 Å². The molecule has 0 aromatic heterocycles. The normalized spacial score (nSPS) is 10.5. The Bertz CT molecular complexity index is 657. The number of benzene rings is 2. The second kappa shape index (κ2) is 8.05. The molecule has 120 valence electrons. The van der Waals surface area contributed by atoms with E-state index in [0.717, 1.165) is 6.54 Å². The molecule has 1 N–H and O–H groups in total. The highest BCUT2D eigenvalue weighted by atomic mass is 16.6. The Morgan fingerprint density at radius 1 is 1.13 bits per heavy atom. The highest BCUT2D eigenvalue weighted by Crippen LogP contribution is 2.11. The first-order valence-electron chi connectivity index (χ1n) is 7.31. The number of likely N-dealkylation sites (N-methyl/N-ethyl adjacent to an activating group) is 1. The standard InChI is InChI=1S/C17H19N3O3/c1-19(13-14-5-3-2-4-6-14)12-11-18-17(21)15-7-9-16(10-8-15)20(22)23/h2-10H,11-13H2,1H3,(H,18,21). The van der Waals surface area contributed by atoms with E-state index in [4.69, 9.17) is 0 Å². The molecule has 0 aliphatic heterocycles. The monoisotopic (exact) mass is 313 g/mol. The molecule has 0 aliphatic carbocycles. The van der Waals surface area contributed by atoms with E-state index in [1.165, 1.54) is 29.8 Å². The third-order valence-corrected chi connectivity index (χ3v) is 3.41. The average molecular weight is 313 g/mol. The van der Waals surface area contributed by atoms with Crippen molar-refractivity contribution in [3.05, 3.63) is 75.8 Å². The average Bonchev–Trinajstić information content (AvgIpc) is 2.55. The Kier molecular flexibility index (Phi) is 5.82. The van der Waals surface area contributed by atoms with Crippen LogP contribution < -0.4 is 5.32 Å². The summed E-state index contributed by atoms with van der Waals surface area (Å²) < 4.78 is 0. The van der Waals surface area contributed by atoms with Gasteiger partial charge in [0, 0.05) is 37.3 Å². The van der Waals surface area contributed by atoms with Crippen LogP contribution in [-0.4, -0.2) is 35.9 Å². The SMILES string of the molecule is CN(CCNC(=O)c1ccc([N+](=O)[O-])cc1)Cc1ccccc1. The fraction of sp³-hybridized carbons (Fsp3) is 0.235. The largest absolute Gasteiger partial charge is 0.351 e. The number of amides is 1. The van der Waals surface area contributed by atoms with Crippen LogP contribution in [0.4, 0.5) is 5.69 Å². The van der Waals surface area contributed by atoms with Gasteiger partial charge in [-0.05, 0) is 24.7 Å². The maximum Gasteiger partial charge on any atom is 0.269 e. The smallest absolute Gasteiger partial charge is 0.269 e. The van der Waals surface area contributed by atoms with Crippen molar-refractivity contribution >= 4 is 11.6 Å². The molecule has 6 heteroatoms. The number of rotatable bonds is 7. The van der Waals surface area contributed by atoms with Crippen LogP contribution in [0.2, 0.25) is 0 Å². The zero-order chi connectivity index (χ0) is 16.7. The Morgan fingerprint density at radius 3 is 2.39 bits per heavy atom. The van der Waals surface area contributed by atoms with E-state index >= 15 is 0 Å². The minimum atomic E-state index is -0.486. The Labute approximate surface area is 134 Å². The third kappa shape index (κ3) is 5.19. The van der Waals surface area contributed by atoms with Gasteiger partial charge in [0.05, 0.1) is 4.92 Å². The highest BCUT2D eigenvalue weighted by Gasteiger charge is 2.09. The van der Waals surface area contributed by atoms with Gasteiger partial charge >= 0.3 is 0 Å². The predicted octanol–water partition coefficient (Wildman–Crippen LogP) is 2.46. The van der Waals surface area contributed by atoms with E-state index in [9.17, 15) is 14.9 Å². The van der Waals surface area contributed by atoms with Crippen molar-refractivity contribution in [1.29, 1.82) is 0 Å². The summed E-state index contributed by atoms with van der Waals surface area (Å²) in [6, 6.07) is 15.7. The van der Waals surface area contributed by atoms with Crippen molar-refractivity contribution in [3.8, 4) is 0 Å². The Balaban J connectivity index is 1.77. The summed E-state index contributed by atoms with van der Waals surface area (Å²) in [5.41, 5.74) is 1.61. The van der Waals surface area contributed by atoms with Gasteiger partial charge in [0.2, 0.25) is 0 Å². The molecule has 0 unspecified atom stereocenters. The summed E-state index contributed by atoms with van der Waals surface area (Å²) in [6.45, 7) is 2.04. The number of nitrogens with zero attached hydrogens (tertiary/aromatic N) is 2. The van der Waals surface area contributed by atoms with Crippen molar-refractivity contribution in [2.75, 3.05) is 20.1 Å². The zero-order valence-electron chi connectivity index (χ0n) is 12.9. The number of carbonyl (C=O) groups excluding carboxylic acids is 1. The van der Waals surface area contributed by atoms with Crippen LogP contribution in [0.15, 0.2) is 54.6 Å². The molecule has 2 aromatic rings. The van der Waals surface area contributed by atoms with Gasteiger partial charge in [-0.3, -0.25) is 14.9 Å². The highest BCUT2D eigenvalue weighted by molar-refractivity contribution is 5.94. The minimum Gasteiger partial charge on any atom is -0.351 e. The molecule has 0 atom stereocenters. The van der Waals surface area contributed by atoms with Gasteiger partial charge in [-0.25, -0.2) is 0 Å². The van der Waals surface area contributed by atoms with Crippen LogP contribution in [0.3, 0.4) is 0 Å². The van der Waals surface area contributed by atoms with E-state index in [2.05, 4.69) is 22.3 Å². The van der Waals surface area contributed by atoms with Gasteiger partial charge in [0.15, 0.2) is 0 Å². The first kappa shape index (κ1) is 16.6. The fourth-order valence-corrected chi connectivity index (χ4v) is 2.17. The predicted molar refractivity (Wildman–Crippen MR) is 88.2 cm³/mol. The molecular formula is C17H19N3O3. The van der Waals surface area contributed by atoms with Gasteiger partial charge in [-0.1, -0.05) is 30.3 Å². The molecule has 0 spiro atoms. The molecule has 0 saturated heterocycles. The molecule has 0 radical (unpaired) electrons. The number of nitro benzene ring substituents is 1. The van der Waals surface area contributed by atoms with Crippen molar-refractivity contribution < 1.29 is 9.72 Å². The van der Waals surface area contributed by atoms with E-state index < -0.39 is 4.92 Å². The lowest BCUT2D eigenvalue weighted by atomic mass is 10.2. The maximum absolute atomic E-state index is 12.0. The summed E-state index contributed by atoms with van der Waals surface area (Å²) in [7, 11) is 1.99. The van der Waals surface area contributed by atoms with Crippen LogP contribution in [0.1, 0.15) is 15.9 Å². The van der Waals surface area contributed by atoms with E-state index in [-0.39, 0.29) is 11.6 Å². The maximum atomic E-state index is 12.0. The topological polar surface area (TPSA) is 75.5 Å². The number of hydrogen-bond acceptors (Lipinski definition) is 4. The molecule has 0 fully saturated rings. The van der Waals surface area contributed by atoms with Crippen molar-refractivity contribution in [3.63, 3.8) is 0 Å².